The molecule has 3 rings (SSSR count). The lowest BCUT2D eigenvalue weighted by molar-refractivity contribution is -0.125. The first-order chi connectivity index (χ1) is 11.5. The molecule has 0 N–H and O–H groups in total. The molecule has 0 bridgehead atoms. The summed E-state index contributed by atoms with van der Waals surface area (Å²) in [6.07, 6.45) is 0.227. The Bertz CT molecular complexity index is 783. The predicted molar refractivity (Wildman–Crippen MR) is 91.2 cm³/mol. The van der Waals surface area contributed by atoms with Crippen molar-refractivity contribution in [2.24, 2.45) is 0 Å². The molecule has 2 aromatic rings. The monoisotopic (exact) mass is 341 g/mol. The van der Waals surface area contributed by atoms with Crippen LogP contribution in [0.5, 0.6) is 0 Å². The van der Waals surface area contributed by atoms with Crippen molar-refractivity contribution in [1.29, 1.82) is 0 Å². The molecule has 1 aliphatic rings. The number of nitrogens with zero attached hydrogens (tertiary/aromatic N) is 1. The van der Waals surface area contributed by atoms with Crippen LogP contribution in [0.4, 0.5) is 0 Å². The van der Waals surface area contributed by atoms with E-state index in [1.807, 2.05) is 30.3 Å². The lowest BCUT2D eigenvalue weighted by atomic mass is 9.87. The number of Topliss-reactive ketones (excluding diaryl/α,β-unsaturated/α-hetero) is 1. The number of hydrogen-bond acceptors (Lipinski definition) is 3. The number of alkyl halides is 1. The van der Waals surface area contributed by atoms with Crippen LogP contribution >= 0.6 is 11.6 Å². The van der Waals surface area contributed by atoms with E-state index in [1.54, 1.807) is 31.2 Å². The molecule has 0 aromatic heterocycles. The predicted octanol–water partition coefficient (Wildman–Crippen LogP) is 3.09. The SMILES string of the molecule is CC(Cc1ccccc1)(C(=O)CCl)N1C(=O)c2ccccc2C1=O. The Labute approximate surface area is 145 Å². The van der Waals surface area contributed by atoms with Crippen molar-refractivity contribution in [3.05, 3.63) is 71.3 Å². The number of imide groups is 1. The van der Waals surface area contributed by atoms with Gasteiger partial charge in [0.2, 0.25) is 0 Å². The molecular formula is C19H16ClNO3. The fraction of sp³-hybridized carbons (Fsp3) is 0.211. The van der Waals surface area contributed by atoms with Gasteiger partial charge in [-0.05, 0) is 24.6 Å². The van der Waals surface area contributed by atoms with Crippen LogP contribution in [0.2, 0.25) is 0 Å². The molecule has 1 heterocycles. The quantitative estimate of drug-likeness (QED) is 0.620. The van der Waals surface area contributed by atoms with Gasteiger partial charge in [-0.25, -0.2) is 0 Å². The summed E-state index contributed by atoms with van der Waals surface area (Å²) in [7, 11) is 0. The second-order valence-electron chi connectivity index (χ2n) is 5.98. The number of rotatable bonds is 5. The number of fused-ring (bicyclic) bond motifs is 1. The molecule has 1 atom stereocenters. The molecule has 0 aliphatic carbocycles. The molecule has 2 aromatic carbocycles. The van der Waals surface area contributed by atoms with E-state index in [0.717, 1.165) is 10.5 Å². The summed E-state index contributed by atoms with van der Waals surface area (Å²) in [5.74, 6) is -1.53. The van der Waals surface area contributed by atoms with Crippen molar-refractivity contribution in [2.75, 3.05) is 5.88 Å². The van der Waals surface area contributed by atoms with Gasteiger partial charge in [-0.1, -0.05) is 42.5 Å². The van der Waals surface area contributed by atoms with Crippen LogP contribution in [0.3, 0.4) is 0 Å². The molecule has 122 valence electrons. The van der Waals surface area contributed by atoms with Gasteiger partial charge < -0.3 is 0 Å². The largest absolute Gasteiger partial charge is 0.296 e. The topological polar surface area (TPSA) is 54.5 Å². The van der Waals surface area contributed by atoms with Crippen LogP contribution in [0.15, 0.2) is 54.6 Å². The number of ketones is 1. The number of halogens is 1. The minimum absolute atomic E-state index is 0.227. The van der Waals surface area contributed by atoms with E-state index >= 15 is 0 Å². The Morgan fingerprint density at radius 2 is 1.46 bits per heavy atom. The molecule has 0 fully saturated rings. The zero-order chi connectivity index (χ0) is 17.3. The van der Waals surface area contributed by atoms with Crippen molar-refractivity contribution < 1.29 is 14.4 Å². The molecule has 5 heteroatoms. The van der Waals surface area contributed by atoms with Crippen molar-refractivity contribution in [3.63, 3.8) is 0 Å². The van der Waals surface area contributed by atoms with Gasteiger partial charge in [0.15, 0.2) is 5.78 Å². The Balaban J connectivity index is 2.06. The third-order valence-corrected chi connectivity index (χ3v) is 4.64. The van der Waals surface area contributed by atoms with E-state index in [2.05, 4.69) is 0 Å². The zero-order valence-electron chi connectivity index (χ0n) is 13.2. The fourth-order valence-electron chi connectivity index (χ4n) is 3.08. The Morgan fingerprint density at radius 1 is 0.958 bits per heavy atom. The van der Waals surface area contributed by atoms with Crippen LogP contribution in [-0.2, 0) is 11.2 Å². The van der Waals surface area contributed by atoms with Crippen molar-refractivity contribution in [2.45, 2.75) is 18.9 Å². The number of amides is 2. The van der Waals surface area contributed by atoms with Gasteiger partial charge in [0, 0.05) is 6.42 Å². The highest BCUT2D eigenvalue weighted by molar-refractivity contribution is 6.31. The van der Waals surface area contributed by atoms with Crippen LogP contribution in [-0.4, -0.2) is 33.9 Å². The second-order valence-corrected chi connectivity index (χ2v) is 6.25. The molecule has 0 saturated carbocycles. The third-order valence-electron chi connectivity index (χ3n) is 4.40. The van der Waals surface area contributed by atoms with Gasteiger partial charge in [-0.3, -0.25) is 19.3 Å². The summed E-state index contributed by atoms with van der Waals surface area (Å²) in [5, 5.41) is 0. The van der Waals surface area contributed by atoms with E-state index in [9.17, 15) is 14.4 Å². The van der Waals surface area contributed by atoms with Crippen LogP contribution < -0.4 is 0 Å². The number of carbonyl (C=O) groups is 3. The van der Waals surface area contributed by atoms with Crippen LogP contribution in [0.1, 0.15) is 33.2 Å². The van der Waals surface area contributed by atoms with Crippen molar-refractivity contribution in [1.82, 2.24) is 4.90 Å². The first kappa shape index (κ1) is 16.4. The van der Waals surface area contributed by atoms with Crippen LogP contribution in [0.25, 0.3) is 0 Å². The number of benzene rings is 2. The highest BCUT2D eigenvalue weighted by Gasteiger charge is 2.49. The first-order valence-corrected chi connectivity index (χ1v) is 8.13. The van der Waals surface area contributed by atoms with Crippen molar-refractivity contribution in [3.8, 4) is 0 Å². The highest BCUT2D eigenvalue weighted by Crippen LogP contribution is 2.32. The lowest BCUT2D eigenvalue weighted by Crippen LogP contribution is -2.57. The summed E-state index contributed by atoms with van der Waals surface area (Å²) in [6, 6.07) is 15.9. The first-order valence-electron chi connectivity index (χ1n) is 7.60. The summed E-state index contributed by atoms with van der Waals surface area (Å²) < 4.78 is 0. The summed E-state index contributed by atoms with van der Waals surface area (Å²) in [6.45, 7) is 1.60. The summed E-state index contributed by atoms with van der Waals surface area (Å²) in [4.78, 5) is 39.2. The zero-order valence-corrected chi connectivity index (χ0v) is 13.9. The molecule has 1 aliphatic heterocycles. The van der Waals surface area contributed by atoms with Gasteiger partial charge in [-0.2, -0.15) is 0 Å². The maximum atomic E-state index is 12.8. The maximum absolute atomic E-state index is 12.8. The second kappa shape index (κ2) is 6.21. The maximum Gasteiger partial charge on any atom is 0.262 e. The Hall–Kier alpha value is -2.46. The van der Waals surface area contributed by atoms with Gasteiger partial charge >= 0.3 is 0 Å². The van der Waals surface area contributed by atoms with Gasteiger partial charge in [0.1, 0.15) is 5.54 Å². The van der Waals surface area contributed by atoms with E-state index < -0.39 is 17.4 Å². The van der Waals surface area contributed by atoms with E-state index in [1.165, 1.54) is 0 Å². The lowest BCUT2D eigenvalue weighted by Gasteiger charge is -2.35. The van der Waals surface area contributed by atoms with Gasteiger partial charge in [0.25, 0.3) is 11.8 Å². The van der Waals surface area contributed by atoms with E-state index in [4.69, 9.17) is 11.6 Å². The molecule has 4 nitrogen and oxygen atoms in total. The van der Waals surface area contributed by atoms with Gasteiger partial charge in [-0.15, -0.1) is 11.6 Å². The highest BCUT2D eigenvalue weighted by atomic mass is 35.5. The fourth-order valence-corrected chi connectivity index (χ4v) is 3.36. The molecule has 2 amide bonds. The smallest absolute Gasteiger partial charge is 0.262 e. The van der Waals surface area contributed by atoms with Gasteiger partial charge in [0.05, 0.1) is 17.0 Å². The average molecular weight is 342 g/mol. The Kier molecular flexibility index (Phi) is 4.24. The minimum Gasteiger partial charge on any atom is -0.296 e. The molecule has 24 heavy (non-hydrogen) atoms. The molecule has 0 radical (unpaired) electrons. The van der Waals surface area contributed by atoms with Crippen molar-refractivity contribution >= 4 is 29.2 Å². The molecular weight excluding hydrogens is 326 g/mol. The molecule has 1 unspecified atom stereocenters. The molecule has 0 saturated heterocycles. The normalized spacial score (nSPS) is 16.0. The summed E-state index contributed by atoms with van der Waals surface area (Å²) in [5.41, 5.74) is 0.180. The number of hydrogen-bond donors (Lipinski definition) is 0. The number of carbonyl (C=O) groups excluding carboxylic acids is 3. The third kappa shape index (κ3) is 2.53. The standard InChI is InChI=1S/C19H16ClNO3/c1-19(16(22)12-20,11-13-7-3-2-4-8-13)21-17(23)14-9-5-6-10-15(14)18(21)24/h2-10H,11-12H2,1H3. The average Bonchev–Trinajstić information content (AvgIpc) is 2.87. The van der Waals surface area contributed by atoms with Crippen LogP contribution in [0, 0.1) is 0 Å². The van der Waals surface area contributed by atoms with E-state index in [0.29, 0.717) is 11.1 Å². The minimum atomic E-state index is -1.32. The summed E-state index contributed by atoms with van der Waals surface area (Å²) >= 11 is 5.79. The molecule has 0 spiro atoms. The van der Waals surface area contributed by atoms with E-state index in [-0.39, 0.29) is 18.1 Å². The Morgan fingerprint density at radius 3 is 1.96 bits per heavy atom.